The molecule has 0 heterocycles. The molecule has 0 aliphatic rings. The highest BCUT2D eigenvalue weighted by molar-refractivity contribution is 5.58. The number of methoxy groups -OCH3 is 3. The van der Waals surface area contributed by atoms with E-state index in [4.69, 9.17) is 19.3 Å². The molecule has 0 radical (unpaired) electrons. The quantitative estimate of drug-likeness (QED) is 0.640. The molecule has 1 N–H and O–H groups in total. The maximum Gasteiger partial charge on any atom is 0.141 e. The highest BCUT2D eigenvalue weighted by Gasteiger charge is 2.10. The zero-order valence-electron chi connectivity index (χ0n) is 10.9. The molecule has 4 heteroatoms. The van der Waals surface area contributed by atoms with Crippen molar-refractivity contribution in [2.75, 3.05) is 27.9 Å². The Morgan fingerprint density at radius 1 is 1.06 bits per heavy atom. The second-order valence-electron chi connectivity index (χ2n) is 3.54. The lowest BCUT2D eigenvalue weighted by Gasteiger charge is -2.11. The van der Waals surface area contributed by atoms with E-state index in [1.807, 2.05) is 0 Å². The number of rotatable bonds is 5. The lowest BCUT2D eigenvalue weighted by molar-refractivity contribution is 0.290. The van der Waals surface area contributed by atoms with Crippen molar-refractivity contribution < 1.29 is 19.3 Å². The molecule has 0 bridgehead atoms. The molecule has 0 fully saturated rings. The van der Waals surface area contributed by atoms with Gasteiger partial charge in [0.2, 0.25) is 0 Å². The second-order valence-corrected chi connectivity index (χ2v) is 3.54. The molecule has 18 heavy (non-hydrogen) atoms. The molecule has 1 aromatic carbocycles. The van der Waals surface area contributed by atoms with Crippen LogP contribution in [0.1, 0.15) is 18.4 Å². The smallest absolute Gasteiger partial charge is 0.141 e. The molecule has 0 saturated heterocycles. The van der Waals surface area contributed by atoms with Crippen LogP contribution in [0.4, 0.5) is 0 Å². The monoisotopic (exact) mass is 250 g/mol. The summed E-state index contributed by atoms with van der Waals surface area (Å²) >= 11 is 0. The molecule has 4 nitrogen and oxygen atoms in total. The van der Waals surface area contributed by atoms with E-state index in [1.165, 1.54) is 0 Å². The van der Waals surface area contributed by atoms with Gasteiger partial charge in [0.05, 0.1) is 21.3 Å². The lowest BCUT2D eigenvalue weighted by atomic mass is 10.1. The fourth-order valence-electron chi connectivity index (χ4n) is 1.45. The summed E-state index contributed by atoms with van der Waals surface area (Å²) in [6, 6.07) is 3.52. The van der Waals surface area contributed by atoms with Crippen molar-refractivity contribution in [1.29, 1.82) is 0 Å². The fraction of sp³-hybridized carbons (Fsp3) is 0.429. The normalized spacial score (nSPS) is 9.33. The molecule has 0 aliphatic heterocycles. The highest BCUT2D eigenvalue weighted by atomic mass is 16.5. The van der Waals surface area contributed by atoms with Crippen LogP contribution in [0, 0.1) is 11.8 Å². The number of benzene rings is 1. The third-order valence-electron chi connectivity index (χ3n) is 2.39. The number of aliphatic hydroxyl groups is 1. The number of hydrogen-bond donors (Lipinski definition) is 1. The van der Waals surface area contributed by atoms with Gasteiger partial charge < -0.3 is 19.3 Å². The Bertz CT molecular complexity index is 418. The highest BCUT2D eigenvalue weighted by Crippen LogP contribution is 2.33. The maximum atomic E-state index is 8.70. The first-order chi connectivity index (χ1) is 8.76. The number of hydrogen-bond acceptors (Lipinski definition) is 4. The Balaban J connectivity index is 3.09. The Morgan fingerprint density at radius 3 is 2.11 bits per heavy atom. The molecule has 0 aromatic heterocycles. The van der Waals surface area contributed by atoms with Crippen LogP contribution in [0.5, 0.6) is 17.2 Å². The SMILES string of the molecule is COc1cc(OC)c(C#CCCCO)c(OC)c1. The van der Waals surface area contributed by atoms with Crippen LogP contribution in [0.15, 0.2) is 12.1 Å². The minimum Gasteiger partial charge on any atom is -0.496 e. The van der Waals surface area contributed by atoms with Crippen LogP contribution >= 0.6 is 0 Å². The Kier molecular flexibility index (Phi) is 5.89. The van der Waals surface area contributed by atoms with E-state index in [9.17, 15) is 0 Å². The van der Waals surface area contributed by atoms with Gasteiger partial charge in [-0.05, 0) is 6.42 Å². The third kappa shape index (κ3) is 3.57. The van der Waals surface area contributed by atoms with E-state index in [1.54, 1.807) is 33.5 Å². The summed E-state index contributed by atoms with van der Waals surface area (Å²) < 4.78 is 15.7. The van der Waals surface area contributed by atoms with E-state index in [2.05, 4.69) is 11.8 Å². The number of ether oxygens (including phenoxy) is 3. The van der Waals surface area contributed by atoms with Gasteiger partial charge in [-0.15, -0.1) is 0 Å². The zero-order chi connectivity index (χ0) is 13.4. The first-order valence-corrected chi connectivity index (χ1v) is 5.66. The van der Waals surface area contributed by atoms with Crippen LogP contribution < -0.4 is 14.2 Å². The maximum absolute atomic E-state index is 8.70. The summed E-state index contributed by atoms with van der Waals surface area (Å²) in [6.45, 7) is 0.144. The van der Waals surface area contributed by atoms with Gasteiger partial charge in [0, 0.05) is 25.2 Å². The Morgan fingerprint density at radius 2 is 1.67 bits per heavy atom. The van der Waals surface area contributed by atoms with Gasteiger partial charge in [0.1, 0.15) is 22.8 Å². The average Bonchev–Trinajstić information content (AvgIpc) is 2.42. The molecule has 0 saturated carbocycles. The summed E-state index contributed by atoms with van der Waals surface area (Å²) in [4.78, 5) is 0. The summed E-state index contributed by atoms with van der Waals surface area (Å²) in [5.74, 6) is 7.87. The lowest BCUT2D eigenvalue weighted by Crippen LogP contribution is -1.95. The van der Waals surface area contributed by atoms with Gasteiger partial charge in [-0.1, -0.05) is 11.8 Å². The summed E-state index contributed by atoms with van der Waals surface area (Å²) in [6.07, 6.45) is 1.29. The van der Waals surface area contributed by atoms with Crippen LogP contribution in [0.3, 0.4) is 0 Å². The molecular weight excluding hydrogens is 232 g/mol. The van der Waals surface area contributed by atoms with Crippen molar-refractivity contribution in [3.8, 4) is 29.1 Å². The predicted molar refractivity (Wildman–Crippen MR) is 69.3 cm³/mol. The number of aliphatic hydroxyl groups excluding tert-OH is 1. The zero-order valence-corrected chi connectivity index (χ0v) is 10.9. The van der Waals surface area contributed by atoms with Crippen molar-refractivity contribution in [2.45, 2.75) is 12.8 Å². The standard InChI is InChI=1S/C14H18O4/c1-16-11-9-13(17-2)12(14(10-11)18-3)7-5-4-6-8-15/h9-10,15H,4,6,8H2,1-3H3. The van der Waals surface area contributed by atoms with E-state index in [-0.39, 0.29) is 6.61 Å². The average molecular weight is 250 g/mol. The van der Waals surface area contributed by atoms with Crippen LogP contribution in [-0.2, 0) is 0 Å². The minimum absolute atomic E-state index is 0.144. The molecule has 0 spiro atoms. The predicted octanol–water partition coefficient (Wildman–Crippen LogP) is 1.84. The molecule has 1 rings (SSSR count). The van der Waals surface area contributed by atoms with Crippen LogP contribution in [0.25, 0.3) is 0 Å². The fourth-order valence-corrected chi connectivity index (χ4v) is 1.45. The van der Waals surface area contributed by atoms with Crippen molar-refractivity contribution in [1.82, 2.24) is 0 Å². The van der Waals surface area contributed by atoms with Gasteiger partial charge in [-0.25, -0.2) is 0 Å². The van der Waals surface area contributed by atoms with Gasteiger partial charge in [0.15, 0.2) is 0 Å². The van der Waals surface area contributed by atoms with Crippen LogP contribution in [-0.4, -0.2) is 33.0 Å². The molecule has 0 atom stereocenters. The topological polar surface area (TPSA) is 47.9 Å². The van der Waals surface area contributed by atoms with E-state index < -0.39 is 0 Å². The molecular formula is C14H18O4. The summed E-state index contributed by atoms with van der Waals surface area (Å²) in [5.41, 5.74) is 0.693. The Hall–Kier alpha value is -1.86. The third-order valence-corrected chi connectivity index (χ3v) is 2.39. The van der Waals surface area contributed by atoms with Crippen molar-refractivity contribution >= 4 is 0 Å². The van der Waals surface area contributed by atoms with E-state index in [0.29, 0.717) is 35.7 Å². The van der Waals surface area contributed by atoms with Crippen LogP contribution in [0.2, 0.25) is 0 Å². The van der Waals surface area contributed by atoms with Gasteiger partial charge >= 0.3 is 0 Å². The van der Waals surface area contributed by atoms with Crippen molar-refractivity contribution in [3.63, 3.8) is 0 Å². The molecule has 0 aliphatic carbocycles. The van der Waals surface area contributed by atoms with Gasteiger partial charge in [-0.2, -0.15) is 0 Å². The van der Waals surface area contributed by atoms with E-state index >= 15 is 0 Å². The van der Waals surface area contributed by atoms with Crippen molar-refractivity contribution in [3.05, 3.63) is 17.7 Å². The molecule has 1 aromatic rings. The van der Waals surface area contributed by atoms with Gasteiger partial charge in [-0.3, -0.25) is 0 Å². The number of unbranched alkanes of at least 4 members (excludes halogenated alkanes) is 1. The largest absolute Gasteiger partial charge is 0.496 e. The minimum atomic E-state index is 0.144. The van der Waals surface area contributed by atoms with Crippen molar-refractivity contribution in [2.24, 2.45) is 0 Å². The van der Waals surface area contributed by atoms with Gasteiger partial charge in [0.25, 0.3) is 0 Å². The summed E-state index contributed by atoms with van der Waals surface area (Å²) in [5, 5.41) is 8.70. The molecule has 98 valence electrons. The summed E-state index contributed by atoms with van der Waals surface area (Å²) in [7, 11) is 4.74. The first-order valence-electron chi connectivity index (χ1n) is 5.66. The molecule has 0 unspecified atom stereocenters. The second kappa shape index (κ2) is 7.46. The molecule has 0 amide bonds. The Labute approximate surface area is 107 Å². The first kappa shape index (κ1) is 14.2. The van der Waals surface area contributed by atoms with E-state index in [0.717, 1.165) is 0 Å².